The van der Waals surface area contributed by atoms with E-state index >= 15 is 0 Å². The highest BCUT2D eigenvalue weighted by molar-refractivity contribution is 9.11. The predicted octanol–water partition coefficient (Wildman–Crippen LogP) is 7.15. The molecule has 0 aromatic heterocycles. The van der Waals surface area contributed by atoms with Crippen LogP contribution in [0.3, 0.4) is 0 Å². The monoisotopic (exact) mass is 563 g/mol. The van der Waals surface area contributed by atoms with Gasteiger partial charge in [-0.2, -0.15) is 0 Å². The van der Waals surface area contributed by atoms with E-state index in [4.69, 9.17) is 27.9 Å². The molecule has 0 atom stereocenters. The minimum atomic E-state index is -0.345. The Bertz CT molecular complexity index is 974. The number of carbonyl (C=O) groups is 2. The minimum absolute atomic E-state index is 0.134. The van der Waals surface area contributed by atoms with E-state index < -0.39 is 0 Å². The van der Waals surface area contributed by atoms with Gasteiger partial charge in [0, 0.05) is 0 Å². The Morgan fingerprint density at radius 1 is 1.11 bits per heavy atom. The highest BCUT2D eigenvalue weighted by Gasteiger charge is 2.35. The average Bonchev–Trinajstić information content (AvgIpc) is 2.89. The number of hydrogen-bond donors (Lipinski definition) is 0. The van der Waals surface area contributed by atoms with Crippen molar-refractivity contribution in [3.8, 4) is 5.75 Å². The first kappa shape index (κ1) is 21.7. The SMILES string of the molecule is CCOc1c(Br)cc(/C=C2\SC(=O)N(Cc3ccc(Cl)c(Cl)c3)C2=O)cc1Br. The van der Waals surface area contributed by atoms with Crippen molar-refractivity contribution in [3.05, 3.63) is 65.4 Å². The molecule has 2 aromatic rings. The van der Waals surface area contributed by atoms with Crippen LogP contribution in [0, 0.1) is 0 Å². The molecule has 4 nitrogen and oxygen atoms in total. The van der Waals surface area contributed by atoms with E-state index in [1.165, 1.54) is 4.90 Å². The van der Waals surface area contributed by atoms with Gasteiger partial charge in [-0.05, 0) is 92.0 Å². The third kappa shape index (κ3) is 4.76. The molecule has 0 saturated carbocycles. The first-order chi connectivity index (χ1) is 13.3. The van der Waals surface area contributed by atoms with Crippen LogP contribution < -0.4 is 4.74 Å². The Morgan fingerprint density at radius 3 is 2.39 bits per heavy atom. The number of halogens is 4. The lowest BCUT2D eigenvalue weighted by Crippen LogP contribution is -2.27. The third-order valence-electron chi connectivity index (χ3n) is 3.81. The highest BCUT2D eigenvalue weighted by Crippen LogP contribution is 2.38. The van der Waals surface area contributed by atoms with Crippen LogP contribution in [0.2, 0.25) is 10.0 Å². The van der Waals surface area contributed by atoms with Crippen molar-refractivity contribution in [1.82, 2.24) is 4.90 Å². The highest BCUT2D eigenvalue weighted by atomic mass is 79.9. The summed E-state index contributed by atoms with van der Waals surface area (Å²) in [7, 11) is 0. The lowest BCUT2D eigenvalue weighted by molar-refractivity contribution is -0.123. The molecule has 0 spiro atoms. The smallest absolute Gasteiger partial charge is 0.293 e. The Balaban J connectivity index is 1.84. The number of rotatable bonds is 5. The molecule has 0 radical (unpaired) electrons. The van der Waals surface area contributed by atoms with Gasteiger partial charge in [-0.1, -0.05) is 29.3 Å². The summed E-state index contributed by atoms with van der Waals surface area (Å²) < 4.78 is 7.07. The van der Waals surface area contributed by atoms with Crippen LogP contribution in [-0.4, -0.2) is 22.7 Å². The first-order valence-electron chi connectivity index (χ1n) is 8.11. The van der Waals surface area contributed by atoms with E-state index in [1.807, 2.05) is 19.1 Å². The number of ether oxygens (including phenoxy) is 1. The van der Waals surface area contributed by atoms with Crippen molar-refractivity contribution >= 4 is 84.0 Å². The molecule has 2 amide bonds. The number of amides is 2. The number of hydrogen-bond acceptors (Lipinski definition) is 4. The summed E-state index contributed by atoms with van der Waals surface area (Å²) in [5, 5.41) is 0.475. The zero-order valence-corrected chi connectivity index (χ0v) is 20.0. The Labute approximate surface area is 193 Å². The molecule has 1 saturated heterocycles. The fraction of sp³-hybridized carbons (Fsp3) is 0.158. The van der Waals surface area contributed by atoms with Gasteiger partial charge in [0.1, 0.15) is 5.75 Å². The second kappa shape index (κ2) is 9.22. The van der Waals surface area contributed by atoms with Crippen LogP contribution in [0.25, 0.3) is 6.08 Å². The van der Waals surface area contributed by atoms with E-state index in [0.717, 1.165) is 31.8 Å². The van der Waals surface area contributed by atoms with Crippen molar-refractivity contribution in [2.75, 3.05) is 6.61 Å². The van der Waals surface area contributed by atoms with Crippen LogP contribution in [0.4, 0.5) is 4.79 Å². The van der Waals surface area contributed by atoms with Crippen molar-refractivity contribution in [2.45, 2.75) is 13.5 Å². The van der Waals surface area contributed by atoms with E-state index in [2.05, 4.69) is 31.9 Å². The number of thioether (sulfide) groups is 1. The normalized spacial score (nSPS) is 15.6. The summed E-state index contributed by atoms with van der Waals surface area (Å²) in [6, 6.07) is 8.70. The maximum absolute atomic E-state index is 12.7. The van der Waals surface area contributed by atoms with Gasteiger partial charge in [-0.25, -0.2) is 0 Å². The molecule has 0 bridgehead atoms. The van der Waals surface area contributed by atoms with Gasteiger partial charge in [0.2, 0.25) is 0 Å². The van der Waals surface area contributed by atoms with Crippen molar-refractivity contribution in [3.63, 3.8) is 0 Å². The number of benzene rings is 2. The van der Waals surface area contributed by atoms with E-state index in [1.54, 1.807) is 24.3 Å². The van der Waals surface area contributed by atoms with Gasteiger partial charge in [-0.15, -0.1) is 0 Å². The fourth-order valence-electron chi connectivity index (χ4n) is 2.55. The molecule has 0 aliphatic carbocycles. The van der Waals surface area contributed by atoms with Crippen LogP contribution in [0.15, 0.2) is 44.2 Å². The van der Waals surface area contributed by atoms with Crippen LogP contribution in [-0.2, 0) is 11.3 Å². The zero-order valence-electron chi connectivity index (χ0n) is 14.5. The predicted molar refractivity (Wildman–Crippen MR) is 121 cm³/mol. The number of nitrogens with zero attached hydrogens (tertiary/aromatic N) is 1. The summed E-state index contributed by atoms with van der Waals surface area (Å²) in [4.78, 5) is 26.6. The Kier molecular flexibility index (Phi) is 7.15. The number of imide groups is 1. The van der Waals surface area contributed by atoms with Gasteiger partial charge in [0.05, 0.1) is 37.0 Å². The molecular formula is C19H13Br2Cl2NO3S. The molecule has 3 rings (SSSR count). The van der Waals surface area contributed by atoms with Crippen molar-refractivity contribution in [1.29, 1.82) is 0 Å². The van der Waals surface area contributed by atoms with Crippen molar-refractivity contribution in [2.24, 2.45) is 0 Å². The molecule has 1 heterocycles. The second-order valence-electron chi connectivity index (χ2n) is 5.76. The summed E-state index contributed by atoms with van der Waals surface area (Å²) in [6.45, 7) is 2.57. The van der Waals surface area contributed by atoms with E-state index in [9.17, 15) is 9.59 Å². The average molecular weight is 566 g/mol. The van der Waals surface area contributed by atoms with Gasteiger partial charge in [0.15, 0.2) is 0 Å². The fourth-order valence-corrected chi connectivity index (χ4v) is 5.16. The van der Waals surface area contributed by atoms with Gasteiger partial charge in [-0.3, -0.25) is 14.5 Å². The summed E-state index contributed by atoms with van der Waals surface area (Å²) in [6.07, 6.45) is 1.69. The molecule has 1 aliphatic rings. The van der Waals surface area contributed by atoms with Crippen LogP contribution in [0.1, 0.15) is 18.1 Å². The molecule has 0 unspecified atom stereocenters. The molecule has 146 valence electrons. The Morgan fingerprint density at radius 2 is 1.79 bits per heavy atom. The maximum atomic E-state index is 12.7. The molecule has 1 aliphatic heterocycles. The quantitative estimate of drug-likeness (QED) is 0.361. The van der Waals surface area contributed by atoms with Gasteiger partial charge >= 0.3 is 0 Å². The maximum Gasteiger partial charge on any atom is 0.293 e. The zero-order chi connectivity index (χ0) is 20.4. The lowest BCUT2D eigenvalue weighted by Gasteiger charge is -2.13. The lowest BCUT2D eigenvalue weighted by atomic mass is 10.2. The van der Waals surface area contributed by atoms with Crippen LogP contribution >= 0.6 is 66.8 Å². The standard InChI is InChI=1S/C19H13Br2Cl2NO3S/c1-2-27-17-12(20)5-11(6-13(17)21)8-16-18(25)24(19(26)28-16)9-10-3-4-14(22)15(23)7-10/h3-8H,2,9H2,1H3/b16-8-. The molecule has 28 heavy (non-hydrogen) atoms. The second-order valence-corrected chi connectivity index (χ2v) is 9.28. The molecule has 2 aromatic carbocycles. The first-order valence-corrected chi connectivity index (χ1v) is 11.3. The molecule has 1 fully saturated rings. The molecule has 9 heteroatoms. The topological polar surface area (TPSA) is 46.6 Å². The minimum Gasteiger partial charge on any atom is -0.492 e. The number of carbonyl (C=O) groups excluding carboxylic acids is 2. The summed E-state index contributed by atoms with van der Waals surface area (Å²) in [5.41, 5.74) is 1.49. The van der Waals surface area contributed by atoms with E-state index in [0.29, 0.717) is 27.3 Å². The van der Waals surface area contributed by atoms with Gasteiger partial charge < -0.3 is 4.74 Å². The molecule has 0 N–H and O–H groups in total. The summed E-state index contributed by atoms with van der Waals surface area (Å²) >= 11 is 19.8. The molecular weight excluding hydrogens is 553 g/mol. The summed E-state index contributed by atoms with van der Waals surface area (Å²) in [5.74, 6) is 0.342. The van der Waals surface area contributed by atoms with E-state index in [-0.39, 0.29) is 17.7 Å². The third-order valence-corrected chi connectivity index (χ3v) is 6.63. The van der Waals surface area contributed by atoms with Crippen LogP contribution in [0.5, 0.6) is 5.75 Å². The van der Waals surface area contributed by atoms with Gasteiger partial charge in [0.25, 0.3) is 11.1 Å². The largest absolute Gasteiger partial charge is 0.492 e. The van der Waals surface area contributed by atoms with Crippen molar-refractivity contribution < 1.29 is 14.3 Å². The Hall–Kier alpha value is -0.990.